The molecule has 0 bridgehead atoms. The van der Waals surface area contributed by atoms with Crippen molar-refractivity contribution in [2.75, 3.05) is 6.61 Å². The van der Waals surface area contributed by atoms with Crippen molar-refractivity contribution in [1.82, 2.24) is 0 Å². The van der Waals surface area contributed by atoms with E-state index in [1.54, 1.807) is 18.2 Å². The summed E-state index contributed by atoms with van der Waals surface area (Å²) >= 11 is 5.37. The van der Waals surface area contributed by atoms with Gasteiger partial charge in [0.05, 0.1) is 5.56 Å². The van der Waals surface area contributed by atoms with Gasteiger partial charge in [0.2, 0.25) is 0 Å². The lowest BCUT2D eigenvalue weighted by molar-refractivity contribution is 0.0984. The van der Waals surface area contributed by atoms with Gasteiger partial charge in [0, 0.05) is 12.0 Å². The van der Waals surface area contributed by atoms with Crippen LogP contribution >= 0.6 is 11.6 Å². The molecule has 0 saturated heterocycles. The third-order valence-corrected chi connectivity index (χ3v) is 2.11. The number of benzene rings is 1. The second-order valence-corrected chi connectivity index (χ2v) is 3.20. The minimum absolute atomic E-state index is 0.0838. The Morgan fingerprint density at radius 1 is 1.47 bits per heavy atom. The number of para-hydroxylation sites is 1. The number of hydrogen-bond acceptors (Lipinski definition) is 2. The van der Waals surface area contributed by atoms with E-state index in [1.807, 2.05) is 19.1 Å². The van der Waals surface area contributed by atoms with E-state index in [-0.39, 0.29) is 5.78 Å². The van der Waals surface area contributed by atoms with Crippen molar-refractivity contribution in [3.63, 3.8) is 0 Å². The van der Waals surface area contributed by atoms with E-state index < -0.39 is 0 Å². The van der Waals surface area contributed by atoms with Crippen LogP contribution in [0.25, 0.3) is 0 Å². The number of halogens is 1. The fraction of sp³-hybridized carbons (Fsp3) is 0.250. The Balaban J connectivity index is 2.81. The van der Waals surface area contributed by atoms with Crippen LogP contribution in [0, 0.1) is 0 Å². The lowest BCUT2D eigenvalue weighted by Crippen LogP contribution is -2.02. The zero-order valence-corrected chi connectivity index (χ0v) is 9.33. The van der Waals surface area contributed by atoms with E-state index in [1.165, 1.54) is 5.54 Å². The molecule has 15 heavy (non-hydrogen) atoms. The first-order valence-electron chi connectivity index (χ1n) is 4.79. The summed E-state index contributed by atoms with van der Waals surface area (Å²) in [5.41, 5.74) is 2.02. The smallest absolute Gasteiger partial charge is 0.166 e. The molecule has 0 spiro atoms. The van der Waals surface area contributed by atoms with Crippen LogP contribution in [0.15, 0.2) is 35.9 Å². The molecule has 3 heteroatoms. The van der Waals surface area contributed by atoms with E-state index in [2.05, 4.69) is 0 Å². The fourth-order valence-corrected chi connectivity index (χ4v) is 1.26. The summed E-state index contributed by atoms with van der Waals surface area (Å²) in [7, 11) is 0. The summed E-state index contributed by atoms with van der Waals surface area (Å²) in [6, 6.07) is 7.22. The van der Waals surface area contributed by atoms with Crippen molar-refractivity contribution in [3.8, 4) is 5.75 Å². The Morgan fingerprint density at radius 2 is 2.20 bits per heavy atom. The first-order chi connectivity index (χ1) is 7.29. The van der Waals surface area contributed by atoms with Crippen molar-refractivity contribution in [1.29, 1.82) is 0 Å². The van der Waals surface area contributed by atoms with E-state index >= 15 is 0 Å². The van der Waals surface area contributed by atoms with Gasteiger partial charge < -0.3 is 4.74 Å². The Kier molecular flexibility index (Phi) is 4.91. The van der Waals surface area contributed by atoms with Crippen LogP contribution in [-0.4, -0.2) is 12.4 Å². The van der Waals surface area contributed by atoms with Crippen LogP contribution in [0.5, 0.6) is 5.75 Å². The Labute approximate surface area is 94.5 Å². The first kappa shape index (κ1) is 11.8. The number of carbonyl (C=O) groups is 1. The Hall–Kier alpha value is -1.28. The van der Waals surface area contributed by atoms with Crippen LogP contribution in [0.1, 0.15) is 23.7 Å². The normalized spacial score (nSPS) is 10.5. The van der Waals surface area contributed by atoms with E-state index in [9.17, 15) is 4.79 Å². The summed E-state index contributed by atoms with van der Waals surface area (Å²) < 4.78 is 5.41. The highest BCUT2D eigenvalue weighted by atomic mass is 35.5. The summed E-state index contributed by atoms with van der Waals surface area (Å²) in [5, 5.41) is 0. The maximum atomic E-state index is 11.5. The van der Waals surface area contributed by atoms with Gasteiger partial charge in [0.25, 0.3) is 0 Å². The van der Waals surface area contributed by atoms with Crippen molar-refractivity contribution < 1.29 is 9.53 Å². The first-order valence-corrected chi connectivity index (χ1v) is 5.23. The van der Waals surface area contributed by atoms with Crippen molar-refractivity contribution in [3.05, 3.63) is 41.4 Å². The molecule has 0 aliphatic heterocycles. The SMILES string of the molecule is CCC(=O)c1ccccc1OC/C=C/Cl. The second-order valence-electron chi connectivity index (χ2n) is 2.95. The van der Waals surface area contributed by atoms with Crippen LogP contribution < -0.4 is 4.74 Å². The summed E-state index contributed by atoms with van der Waals surface area (Å²) in [5.74, 6) is 0.694. The van der Waals surface area contributed by atoms with Crippen LogP contribution in [-0.2, 0) is 0 Å². The van der Waals surface area contributed by atoms with Gasteiger partial charge in [-0.15, -0.1) is 0 Å². The molecule has 0 heterocycles. The number of Topliss-reactive ketones (excluding diaryl/α,β-unsaturated/α-hetero) is 1. The molecule has 0 aromatic heterocycles. The molecule has 1 rings (SSSR count). The topological polar surface area (TPSA) is 26.3 Å². The number of carbonyl (C=O) groups excluding carboxylic acids is 1. The third kappa shape index (κ3) is 3.40. The Morgan fingerprint density at radius 3 is 2.87 bits per heavy atom. The molecular formula is C12H13ClO2. The van der Waals surface area contributed by atoms with Crippen molar-refractivity contribution in [2.24, 2.45) is 0 Å². The van der Waals surface area contributed by atoms with Gasteiger partial charge in [-0.2, -0.15) is 0 Å². The molecule has 0 aliphatic rings. The molecular weight excluding hydrogens is 212 g/mol. The number of ketones is 1. The quantitative estimate of drug-likeness (QED) is 0.717. The lowest BCUT2D eigenvalue weighted by Gasteiger charge is -2.07. The number of rotatable bonds is 5. The maximum absolute atomic E-state index is 11.5. The number of ether oxygens (including phenoxy) is 1. The molecule has 80 valence electrons. The molecule has 0 fully saturated rings. The molecule has 2 nitrogen and oxygen atoms in total. The van der Waals surface area contributed by atoms with Gasteiger partial charge in [0.1, 0.15) is 12.4 Å². The maximum Gasteiger partial charge on any atom is 0.166 e. The van der Waals surface area contributed by atoms with Crippen molar-refractivity contribution in [2.45, 2.75) is 13.3 Å². The molecule has 1 aromatic rings. The van der Waals surface area contributed by atoms with E-state index in [4.69, 9.17) is 16.3 Å². The van der Waals surface area contributed by atoms with Crippen LogP contribution in [0.4, 0.5) is 0 Å². The molecule has 0 radical (unpaired) electrons. The lowest BCUT2D eigenvalue weighted by atomic mass is 10.1. The highest BCUT2D eigenvalue weighted by molar-refractivity contribution is 6.25. The van der Waals surface area contributed by atoms with Gasteiger partial charge in [-0.1, -0.05) is 30.7 Å². The van der Waals surface area contributed by atoms with Gasteiger partial charge in [0.15, 0.2) is 5.78 Å². The predicted molar refractivity (Wildman–Crippen MR) is 61.6 cm³/mol. The average molecular weight is 225 g/mol. The minimum atomic E-state index is 0.0838. The third-order valence-electron chi connectivity index (χ3n) is 1.93. The second kappa shape index (κ2) is 6.25. The standard InChI is InChI=1S/C12H13ClO2/c1-2-11(14)10-6-3-4-7-12(10)15-9-5-8-13/h3-8H,2,9H2,1H3/b8-5+. The molecule has 0 saturated carbocycles. The molecule has 1 aromatic carbocycles. The van der Waals surface area contributed by atoms with Crippen LogP contribution in [0.3, 0.4) is 0 Å². The Bertz CT molecular complexity index is 358. The zero-order chi connectivity index (χ0) is 11.1. The van der Waals surface area contributed by atoms with Gasteiger partial charge in [-0.25, -0.2) is 0 Å². The molecule has 0 N–H and O–H groups in total. The fourth-order valence-electron chi connectivity index (χ4n) is 1.19. The zero-order valence-electron chi connectivity index (χ0n) is 8.57. The summed E-state index contributed by atoms with van der Waals surface area (Å²) in [6.07, 6.45) is 2.15. The highest BCUT2D eigenvalue weighted by Crippen LogP contribution is 2.19. The monoisotopic (exact) mass is 224 g/mol. The molecule has 0 atom stereocenters. The average Bonchev–Trinajstić information content (AvgIpc) is 2.29. The molecule has 0 unspecified atom stereocenters. The van der Waals surface area contributed by atoms with E-state index in [0.29, 0.717) is 24.3 Å². The minimum Gasteiger partial charge on any atom is -0.489 e. The van der Waals surface area contributed by atoms with Crippen LogP contribution in [0.2, 0.25) is 0 Å². The van der Waals surface area contributed by atoms with Gasteiger partial charge in [-0.05, 0) is 18.2 Å². The molecule has 0 amide bonds. The van der Waals surface area contributed by atoms with Gasteiger partial charge in [-0.3, -0.25) is 4.79 Å². The summed E-state index contributed by atoms with van der Waals surface area (Å²) in [6.45, 7) is 2.20. The van der Waals surface area contributed by atoms with E-state index in [0.717, 1.165) is 0 Å². The van der Waals surface area contributed by atoms with Gasteiger partial charge >= 0.3 is 0 Å². The highest BCUT2D eigenvalue weighted by Gasteiger charge is 2.08. The largest absolute Gasteiger partial charge is 0.489 e. The number of hydrogen-bond donors (Lipinski definition) is 0. The predicted octanol–water partition coefficient (Wildman–Crippen LogP) is 3.41. The summed E-state index contributed by atoms with van der Waals surface area (Å²) in [4.78, 5) is 11.5. The van der Waals surface area contributed by atoms with Crippen molar-refractivity contribution >= 4 is 17.4 Å². The molecule has 0 aliphatic carbocycles.